The summed E-state index contributed by atoms with van der Waals surface area (Å²) in [4.78, 5) is 6.62. The fourth-order valence-electron chi connectivity index (χ4n) is 3.02. The Balaban J connectivity index is 0.00000392. The van der Waals surface area contributed by atoms with Gasteiger partial charge in [0.1, 0.15) is 5.75 Å². The number of ether oxygens (including phenoxy) is 1. The summed E-state index contributed by atoms with van der Waals surface area (Å²) in [5.41, 5.74) is 1.50. The molecule has 1 aromatic carbocycles. The van der Waals surface area contributed by atoms with Crippen LogP contribution in [0.3, 0.4) is 0 Å². The molecule has 0 spiro atoms. The third kappa shape index (κ3) is 9.31. The van der Waals surface area contributed by atoms with Gasteiger partial charge in [-0.1, -0.05) is 12.1 Å². The van der Waals surface area contributed by atoms with Gasteiger partial charge in [-0.15, -0.1) is 24.0 Å². The molecule has 1 heterocycles. The van der Waals surface area contributed by atoms with Gasteiger partial charge in [0, 0.05) is 25.7 Å². The van der Waals surface area contributed by atoms with Crippen molar-refractivity contribution >= 4 is 29.9 Å². The summed E-state index contributed by atoms with van der Waals surface area (Å²) in [7, 11) is 1.67. The lowest BCUT2D eigenvalue weighted by Crippen LogP contribution is -2.38. The zero-order chi connectivity index (χ0) is 19.7. The molecule has 0 unspecified atom stereocenters. The van der Waals surface area contributed by atoms with Crippen LogP contribution in [0, 0.1) is 6.92 Å². The quantitative estimate of drug-likeness (QED) is 0.241. The largest absolute Gasteiger partial charge is 0.484 e. The third-order valence-electron chi connectivity index (χ3n) is 4.43. The Labute approximate surface area is 182 Å². The number of halogens is 4. The van der Waals surface area contributed by atoms with E-state index in [0.29, 0.717) is 18.1 Å². The molecule has 1 saturated heterocycles. The molecule has 0 atom stereocenters. The number of alkyl halides is 3. The second kappa shape index (κ2) is 12.4. The van der Waals surface area contributed by atoms with Gasteiger partial charge in [-0.05, 0) is 57.5 Å². The van der Waals surface area contributed by atoms with Gasteiger partial charge >= 0.3 is 6.18 Å². The normalized spacial score (nSPS) is 15.2. The lowest BCUT2D eigenvalue weighted by atomic mass is 10.1. The van der Waals surface area contributed by atoms with Crippen LogP contribution < -0.4 is 15.4 Å². The van der Waals surface area contributed by atoms with Crippen LogP contribution in [0.25, 0.3) is 0 Å². The molecule has 2 N–H and O–H groups in total. The van der Waals surface area contributed by atoms with Crippen LogP contribution >= 0.6 is 24.0 Å². The zero-order valence-electron chi connectivity index (χ0n) is 16.4. The maximum absolute atomic E-state index is 12.5. The van der Waals surface area contributed by atoms with Crippen LogP contribution in [0.1, 0.15) is 30.4 Å². The van der Waals surface area contributed by atoms with Crippen molar-refractivity contribution < 1.29 is 17.9 Å². The highest BCUT2D eigenvalue weighted by molar-refractivity contribution is 14.0. The molecular weight excluding hydrogens is 484 g/mol. The van der Waals surface area contributed by atoms with Gasteiger partial charge in [0.15, 0.2) is 12.6 Å². The summed E-state index contributed by atoms with van der Waals surface area (Å²) < 4.78 is 42.3. The van der Waals surface area contributed by atoms with Crippen molar-refractivity contribution in [2.45, 2.75) is 38.9 Å². The molecule has 1 aliphatic rings. The molecule has 0 bridgehead atoms. The molecule has 0 radical (unpaired) electrons. The molecule has 0 amide bonds. The van der Waals surface area contributed by atoms with Crippen LogP contribution in [0.5, 0.6) is 5.75 Å². The standard InChI is InChI=1S/C19H29F3N4O.HI/c1-15-6-7-16(17(12-15)27-14-19(20,21)22)13-25-18(23-2)24-8-5-11-26-9-3-4-10-26;/h6-7,12H,3-5,8-11,13-14H2,1-2H3,(H2,23,24,25);1H. The highest BCUT2D eigenvalue weighted by Gasteiger charge is 2.28. The van der Waals surface area contributed by atoms with E-state index in [0.717, 1.165) is 25.1 Å². The molecule has 28 heavy (non-hydrogen) atoms. The van der Waals surface area contributed by atoms with Crippen molar-refractivity contribution in [1.82, 2.24) is 15.5 Å². The second-order valence-corrected chi connectivity index (χ2v) is 6.77. The third-order valence-corrected chi connectivity index (χ3v) is 4.43. The predicted molar refractivity (Wildman–Crippen MR) is 117 cm³/mol. The molecule has 0 aromatic heterocycles. The molecule has 5 nitrogen and oxygen atoms in total. The zero-order valence-corrected chi connectivity index (χ0v) is 18.8. The number of benzene rings is 1. The molecule has 1 aromatic rings. The molecule has 1 aliphatic heterocycles. The van der Waals surface area contributed by atoms with E-state index in [1.54, 1.807) is 19.2 Å². The van der Waals surface area contributed by atoms with E-state index in [2.05, 4.69) is 20.5 Å². The first-order valence-corrected chi connectivity index (χ1v) is 9.33. The average Bonchev–Trinajstić information content (AvgIpc) is 3.13. The maximum Gasteiger partial charge on any atom is 0.422 e. The van der Waals surface area contributed by atoms with E-state index >= 15 is 0 Å². The van der Waals surface area contributed by atoms with E-state index in [9.17, 15) is 13.2 Å². The predicted octanol–water partition coefficient (Wildman–Crippen LogP) is 3.71. The van der Waals surface area contributed by atoms with Crippen molar-refractivity contribution in [3.05, 3.63) is 29.3 Å². The van der Waals surface area contributed by atoms with Gasteiger partial charge in [-0.2, -0.15) is 13.2 Å². The Kier molecular flexibility index (Phi) is 10.9. The Morgan fingerprint density at radius 3 is 2.57 bits per heavy atom. The Morgan fingerprint density at radius 2 is 1.93 bits per heavy atom. The summed E-state index contributed by atoms with van der Waals surface area (Å²) in [6.45, 7) is 5.08. The number of likely N-dealkylation sites (tertiary alicyclic amines) is 1. The lowest BCUT2D eigenvalue weighted by Gasteiger charge is -2.17. The van der Waals surface area contributed by atoms with Gasteiger partial charge < -0.3 is 20.3 Å². The van der Waals surface area contributed by atoms with Crippen LogP contribution in [0.15, 0.2) is 23.2 Å². The molecule has 1 fully saturated rings. The summed E-state index contributed by atoms with van der Waals surface area (Å²) in [6.07, 6.45) is -0.773. The lowest BCUT2D eigenvalue weighted by molar-refractivity contribution is -0.153. The first kappa shape index (κ1) is 24.8. The number of rotatable bonds is 8. The van der Waals surface area contributed by atoms with Crippen molar-refractivity contribution in [2.24, 2.45) is 4.99 Å². The molecule has 0 saturated carbocycles. The van der Waals surface area contributed by atoms with Crippen molar-refractivity contribution in [3.63, 3.8) is 0 Å². The first-order chi connectivity index (χ1) is 12.9. The summed E-state index contributed by atoms with van der Waals surface area (Å²) in [5.74, 6) is 0.864. The van der Waals surface area contributed by atoms with Crippen molar-refractivity contribution in [2.75, 3.05) is 39.8 Å². The van der Waals surface area contributed by atoms with E-state index in [1.807, 2.05) is 13.0 Å². The maximum atomic E-state index is 12.5. The smallest absolute Gasteiger partial charge is 0.422 e. The van der Waals surface area contributed by atoms with E-state index in [1.165, 1.54) is 25.9 Å². The number of nitrogens with one attached hydrogen (secondary N) is 2. The molecule has 160 valence electrons. The number of aliphatic imine (C=N–C) groups is 1. The average molecular weight is 514 g/mol. The Morgan fingerprint density at radius 1 is 1.21 bits per heavy atom. The van der Waals surface area contributed by atoms with Crippen LogP contribution in [0.4, 0.5) is 13.2 Å². The highest BCUT2D eigenvalue weighted by Crippen LogP contribution is 2.23. The summed E-state index contributed by atoms with van der Waals surface area (Å²) in [5, 5.41) is 6.38. The first-order valence-electron chi connectivity index (χ1n) is 9.33. The topological polar surface area (TPSA) is 48.9 Å². The van der Waals surface area contributed by atoms with Gasteiger partial charge in [-0.3, -0.25) is 4.99 Å². The van der Waals surface area contributed by atoms with E-state index < -0.39 is 12.8 Å². The monoisotopic (exact) mass is 514 g/mol. The fraction of sp³-hybridized carbons (Fsp3) is 0.632. The van der Waals surface area contributed by atoms with Crippen molar-refractivity contribution in [3.8, 4) is 5.75 Å². The number of aryl methyl sites for hydroxylation is 1. The minimum Gasteiger partial charge on any atom is -0.484 e. The Bertz CT molecular complexity index is 620. The molecule has 0 aliphatic carbocycles. The second-order valence-electron chi connectivity index (χ2n) is 6.77. The highest BCUT2D eigenvalue weighted by atomic mass is 127. The fourth-order valence-corrected chi connectivity index (χ4v) is 3.02. The van der Waals surface area contributed by atoms with Crippen LogP contribution in [-0.4, -0.2) is 56.9 Å². The van der Waals surface area contributed by atoms with Gasteiger partial charge in [-0.25, -0.2) is 0 Å². The van der Waals surface area contributed by atoms with Gasteiger partial charge in [0.05, 0.1) is 0 Å². The van der Waals surface area contributed by atoms with E-state index in [-0.39, 0.29) is 29.7 Å². The number of nitrogens with zero attached hydrogens (tertiary/aromatic N) is 2. The van der Waals surface area contributed by atoms with Crippen LogP contribution in [0.2, 0.25) is 0 Å². The molecule has 2 rings (SSSR count). The van der Waals surface area contributed by atoms with Crippen LogP contribution in [-0.2, 0) is 6.54 Å². The van der Waals surface area contributed by atoms with E-state index in [4.69, 9.17) is 4.74 Å². The SMILES string of the molecule is CN=C(NCCCN1CCCC1)NCc1ccc(C)cc1OCC(F)(F)F.I. The molecular formula is C19H30F3IN4O. The number of guanidine groups is 1. The Hall–Kier alpha value is -1.23. The summed E-state index contributed by atoms with van der Waals surface area (Å²) in [6, 6.07) is 5.24. The minimum absolute atomic E-state index is 0. The summed E-state index contributed by atoms with van der Waals surface area (Å²) >= 11 is 0. The minimum atomic E-state index is -4.36. The van der Waals surface area contributed by atoms with Gasteiger partial charge in [0.25, 0.3) is 0 Å². The van der Waals surface area contributed by atoms with Gasteiger partial charge in [0.2, 0.25) is 0 Å². The number of hydrogen-bond acceptors (Lipinski definition) is 3. The number of hydrogen-bond donors (Lipinski definition) is 2. The van der Waals surface area contributed by atoms with Crippen molar-refractivity contribution in [1.29, 1.82) is 0 Å². The molecule has 9 heteroatoms.